The average Bonchev–Trinajstić information content (AvgIpc) is 2.84. The van der Waals surface area contributed by atoms with Gasteiger partial charge in [-0.15, -0.1) is 10.2 Å². The molecule has 17 heavy (non-hydrogen) atoms. The van der Waals surface area contributed by atoms with Crippen LogP contribution in [0.25, 0.3) is 0 Å². The van der Waals surface area contributed by atoms with Crippen LogP contribution in [0.2, 0.25) is 0 Å². The van der Waals surface area contributed by atoms with Crippen LogP contribution in [0.3, 0.4) is 0 Å². The molecule has 0 amide bonds. The molecule has 1 N–H and O–H groups in total. The second-order valence-corrected chi connectivity index (χ2v) is 5.01. The largest absolute Gasteiger partial charge is 0.363 e. The van der Waals surface area contributed by atoms with E-state index in [0.717, 1.165) is 23.0 Å². The van der Waals surface area contributed by atoms with Crippen LogP contribution >= 0.6 is 11.3 Å². The highest BCUT2D eigenvalue weighted by molar-refractivity contribution is 7.15. The topological polar surface area (TPSA) is 37.8 Å². The lowest BCUT2D eigenvalue weighted by atomic mass is 10.1. The molecule has 0 saturated heterocycles. The number of unbranched alkanes of at least 4 members (excludes halogenated alkanes) is 1. The minimum absolute atomic E-state index is 0.906. The third-order valence-electron chi connectivity index (χ3n) is 2.63. The molecule has 1 heterocycles. The van der Waals surface area contributed by atoms with Gasteiger partial charge >= 0.3 is 0 Å². The van der Waals surface area contributed by atoms with E-state index >= 15 is 0 Å². The Morgan fingerprint density at radius 3 is 2.53 bits per heavy atom. The fourth-order valence-corrected chi connectivity index (χ4v) is 2.44. The normalized spacial score (nSPS) is 10.4. The molecular formula is C13H17N3S. The number of hydrogen-bond donors (Lipinski definition) is 1. The first-order chi connectivity index (χ1) is 8.38. The highest BCUT2D eigenvalue weighted by Crippen LogP contribution is 2.16. The first kappa shape index (κ1) is 12.0. The standard InChI is InChI=1S/C13H17N3S/c1-14-13-16-15-12(17-13)10-6-5-9-11-7-3-2-4-8-11/h2-4,7-8H,5-6,9-10H2,1H3,(H,14,16). The van der Waals surface area contributed by atoms with Crippen molar-refractivity contribution in [3.8, 4) is 0 Å². The van der Waals surface area contributed by atoms with Crippen molar-refractivity contribution in [2.24, 2.45) is 0 Å². The number of hydrogen-bond acceptors (Lipinski definition) is 4. The molecular weight excluding hydrogens is 230 g/mol. The first-order valence-corrected chi connectivity index (χ1v) is 6.74. The summed E-state index contributed by atoms with van der Waals surface area (Å²) in [6, 6.07) is 10.6. The monoisotopic (exact) mass is 247 g/mol. The molecule has 4 heteroatoms. The zero-order chi connectivity index (χ0) is 11.9. The highest BCUT2D eigenvalue weighted by Gasteiger charge is 2.01. The van der Waals surface area contributed by atoms with E-state index in [4.69, 9.17) is 0 Å². The van der Waals surface area contributed by atoms with Gasteiger partial charge in [0.1, 0.15) is 5.01 Å². The van der Waals surface area contributed by atoms with Gasteiger partial charge < -0.3 is 5.32 Å². The summed E-state index contributed by atoms with van der Waals surface area (Å²) in [6.07, 6.45) is 4.57. The molecule has 90 valence electrons. The summed E-state index contributed by atoms with van der Waals surface area (Å²) in [5, 5.41) is 13.2. The van der Waals surface area contributed by atoms with Crippen molar-refractivity contribution < 1.29 is 0 Å². The maximum absolute atomic E-state index is 4.14. The second-order valence-electron chi connectivity index (χ2n) is 3.94. The smallest absolute Gasteiger partial charge is 0.205 e. The van der Waals surface area contributed by atoms with Crippen LogP contribution in [0.4, 0.5) is 5.13 Å². The summed E-state index contributed by atoms with van der Waals surface area (Å²) < 4.78 is 0. The molecule has 1 aromatic carbocycles. The van der Waals surface area contributed by atoms with Gasteiger partial charge in [-0.3, -0.25) is 0 Å². The Kier molecular flexibility index (Phi) is 4.50. The molecule has 0 unspecified atom stereocenters. The van der Waals surface area contributed by atoms with Gasteiger partial charge in [-0.2, -0.15) is 0 Å². The molecule has 0 spiro atoms. The summed E-state index contributed by atoms with van der Waals surface area (Å²) >= 11 is 1.65. The summed E-state index contributed by atoms with van der Waals surface area (Å²) in [5.41, 5.74) is 1.42. The van der Waals surface area contributed by atoms with Gasteiger partial charge in [-0.25, -0.2) is 0 Å². The van der Waals surface area contributed by atoms with E-state index in [-0.39, 0.29) is 0 Å². The van der Waals surface area contributed by atoms with E-state index in [0.29, 0.717) is 0 Å². The van der Waals surface area contributed by atoms with Crippen LogP contribution in [0, 0.1) is 0 Å². The number of benzene rings is 1. The zero-order valence-electron chi connectivity index (χ0n) is 10.0. The van der Waals surface area contributed by atoms with Gasteiger partial charge in [0.05, 0.1) is 0 Å². The summed E-state index contributed by atoms with van der Waals surface area (Å²) in [5.74, 6) is 0. The molecule has 0 aliphatic carbocycles. The first-order valence-electron chi connectivity index (χ1n) is 5.92. The molecule has 0 aliphatic rings. The van der Waals surface area contributed by atoms with E-state index in [1.165, 1.54) is 18.4 Å². The second kappa shape index (κ2) is 6.35. The van der Waals surface area contributed by atoms with Crippen LogP contribution in [0.15, 0.2) is 30.3 Å². The third-order valence-corrected chi connectivity index (χ3v) is 3.63. The van der Waals surface area contributed by atoms with Gasteiger partial charge in [-0.05, 0) is 24.8 Å². The van der Waals surface area contributed by atoms with E-state index in [1.807, 2.05) is 7.05 Å². The Morgan fingerprint density at radius 2 is 1.82 bits per heavy atom. The van der Waals surface area contributed by atoms with E-state index in [9.17, 15) is 0 Å². The molecule has 1 aromatic heterocycles. The Bertz CT molecular complexity index is 439. The zero-order valence-corrected chi connectivity index (χ0v) is 10.8. The van der Waals surface area contributed by atoms with Gasteiger partial charge in [0, 0.05) is 13.5 Å². The Labute approximate surface area is 106 Å². The van der Waals surface area contributed by atoms with Gasteiger partial charge in [0.25, 0.3) is 0 Å². The average molecular weight is 247 g/mol. The van der Waals surface area contributed by atoms with E-state index in [1.54, 1.807) is 11.3 Å². The van der Waals surface area contributed by atoms with Crippen molar-refractivity contribution in [1.29, 1.82) is 0 Å². The molecule has 0 bridgehead atoms. The minimum Gasteiger partial charge on any atom is -0.363 e. The number of rotatable bonds is 6. The molecule has 2 rings (SSSR count). The Morgan fingerprint density at radius 1 is 1.06 bits per heavy atom. The predicted octanol–water partition coefficient (Wildman–Crippen LogP) is 3.15. The van der Waals surface area contributed by atoms with Crippen LogP contribution in [-0.4, -0.2) is 17.2 Å². The quantitative estimate of drug-likeness (QED) is 0.797. The van der Waals surface area contributed by atoms with Gasteiger partial charge in [0.2, 0.25) is 5.13 Å². The highest BCUT2D eigenvalue weighted by atomic mass is 32.1. The molecule has 3 nitrogen and oxygen atoms in total. The molecule has 0 radical (unpaired) electrons. The van der Waals surface area contributed by atoms with Crippen molar-refractivity contribution in [3.05, 3.63) is 40.9 Å². The Balaban J connectivity index is 1.69. The number of nitrogens with zero attached hydrogens (tertiary/aromatic N) is 2. The fraction of sp³-hybridized carbons (Fsp3) is 0.385. The Hall–Kier alpha value is -1.42. The van der Waals surface area contributed by atoms with Crippen molar-refractivity contribution in [2.75, 3.05) is 12.4 Å². The van der Waals surface area contributed by atoms with Crippen LogP contribution in [0.1, 0.15) is 23.4 Å². The lowest BCUT2D eigenvalue weighted by molar-refractivity contribution is 0.726. The van der Waals surface area contributed by atoms with Crippen molar-refractivity contribution in [2.45, 2.75) is 25.7 Å². The van der Waals surface area contributed by atoms with E-state index in [2.05, 4.69) is 45.8 Å². The lowest BCUT2D eigenvalue weighted by Crippen LogP contribution is -1.88. The number of aryl methyl sites for hydroxylation is 2. The van der Waals surface area contributed by atoms with Crippen LogP contribution < -0.4 is 5.32 Å². The summed E-state index contributed by atoms with van der Waals surface area (Å²) in [7, 11) is 1.87. The number of anilines is 1. The van der Waals surface area contributed by atoms with Crippen molar-refractivity contribution in [1.82, 2.24) is 10.2 Å². The molecule has 0 saturated carbocycles. The SMILES string of the molecule is CNc1nnc(CCCCc2ccccc2)s1. The van der Waals surface area contributed by atoms with Crippen molar-refractivity contribution in [3.63, 3.8) is 0 Å². The third kappa shape index (κ3) is 3.82. The van der Waals surface area contributed by atoms with Gasteiger partial charge in [0.15, 0.2) is 0 Å². The predicted molar refractivity (Wildman–Crippen MR) is 72.5 cm³/mol. The van der Waals surface area contributed by atoms with Crippen molar-refractivity contribution >= 4 is 16.5 Å². The summed E-state index contributed by atoms with van der Waals surface area (Å²) in [4.78, 5) is 0. The molecule has 0 aliphatic heterocycles. The number of aromatic nitrogens is 2. The molecule has 0 atom stereocenters. The lowest BCUT2D eigenvalue weighted by Gasteiger charge is -1.99. The van der Waals surface area contributed by atoms with Crippen LogP contribution in [-0.2, 0) is 12.8 Å². The van der Waals surface area contributed by atoms with Crippen LogP contribution in [0.5, 0.6) is 0 Å². The fourth-order valence-electron chi connectivity index (χ4n) is 1.71. The molecule has 0 fully saturated rings. The maximum Gasteiger partial charge on any atom is 0.205 e. The summed E-state index contributed by atoms with van der Waals surface area (Å²) in [6.45, 7) is 0. The maximum atomic E-state index is 4.14. The van der Waals surface area contributed by atoms with E-state index < -0.39 is 0 Å². The molecule has 2 aromatic rings. The number of nitrogens with one attached hydrogen (secondary N) is 1. The van der Waals surface area contributed by atoms with Gasteiger partial charge in [-0.1, -0.05) is 41.7 Å². The minimum atomic E-state index is 0.906.